The molecule has 0 aliphatic rings. The molecule has 0 bridgehead atoms. The molecular weight excluding hydrogens is 288 g/mol. The molecule has 0 aliphatic heterocycles. The third-order valence-electron chi connectivity index (χ3n) is 2.83. The van der Waals surface area contributed by atoms with E-state index in [1.165, 1.54) is 11.8 Å². The first-order valence-corrected chi connectivity index (χ1v) is 7.77. The molecule has 0 aliphatic carbocycles. The first kappa shape index (κ1) is 15.6. The van der Waals surface area contributed by atoms with Crippen molar-refractivity contribution in [3.05, 3.63) is 18.4 Å². The molecule has 2 rings (SSSR count). The van der Waals surface area contributed by atoms with Crippen LogP contribution in [0, 0.1) is 5.92 Å². The Morgan fingerprint density at radius 1 is 1.43 bits per heavy atom. The SMILES string of the molecule is CC(C)Cn1c(SCC(=O)N(C)C)nnc1-c1ccco1. The summed E-state index contributed by atoms with van der Waals surface area (Å²) in [5.74, 6) is 2.24. The van der Waals surface area contributed by atoms with Crippen molar-refractivity contribution < 1.29 is 9.21 Å². The molecule has 0 spiro atoms. The molecule has 114 valence electrons. The zero-order valence-corrected chi connectivity index (χ0v) is 13.6. The maximum absolute atomic E-state index is 11.7. The lowest BCUT2D eigenvalue weighted by Gasteiger charge is -2.12. The lowest BCUT2D eigenvalue weighted by molar-refractivity contribution is -0.125. The van der Waals surface area contributed by atoms with Gasteiger partial charge in [-0.05, 0) is 18.1 Å². The normalized spacial score (nSPS) is 11.1. The van der Waals surface area contributed by atoms with Gasteiger partial charge in [0.15, 0.2) is 16.7 Å². The molecule has 0 N–H and O–H groups in total. The molecule has 0 radical (unpaired) electrons. The summed E-state index contributed by atoms with van der Waals surface area (Å²) in [6.45, 7) is 5.04. The predicted octanol–water partition coefficient (Wildman–Crippen LogP) is 2.37. The van der Waals surface area contributed by atoms with Crippen molar-refractivity contribution in [2.24, 2.45) is 5.92 Å². The van der Waals surface area contributed by atoms with E-state index in [1.807, 2.05) is 16.7 Å². The van der Waals surface area contributed by atoms with Gasteiger partial charge in [-0.1, -0.05) is 25.6 Å². The molecule has 21 heavy (non-hydrogen) atoms. The highest BCUT2D eigenvalue weighted by molar-refractivity contribution is 7.99. The van der Waals surface area contributed by atoms with Crippen molar-refractivity contribution in [1.29, 1.82) is 0 Å². The van der Waals surface area contributed by atoms with Gasteiger partial charge in [-0.25, -0.2) is 0 Å². The molecule has 6 nitrogen and oxygen atoms in total. The topological polar surface area (TPSA) is 64.2 Å². The van der Waals surface area contributed by atoms with Crippen molar-refractivity contribution in [1.82, 2.24) is 19.7 Å². The number of carbonyl (C=O) groups is 1. The molecule has 0 aromatic carbocycles. The van der Waals surface area contributed by atoms with Gasteiger partial charge in [-0.2, -0.15) is 0 Å². The van der Waals surface area contributed by atoms with Gasteiger partial charge in [0.05, 0.1) is 12.0 Å². The van der Waals surface area contributed by atoms with Crippen LogP contribution in [0.4, 0.5) is 0 Å². The Kier molecular flexibility index (Phi) is 5.06. The Balaban J connectivity index is 2.23. The summed E-state index contributed by atoms with van der Waals surface area (Å²) in [6.07, 6.45) is 1.62. The third kappa shape index (κ3) is 3.87. The van der Waals surface area contributed by atoms with Crippen LogP contribution in [0.2, 0.25) is 0 Å². The highest BCUT2D eigenvalue weighted by Gasteiger charge is 2.18. The van der Waals surface area contributed by atoms with E-state index in [0.29, 0.717) is 23.3 Å². The Morgan fingerprint density at radius 3 is 2.76 bits per heavy atom. The third-order valence-corrected chi connectivity index (χ3v) is 3.78. The summed E-state index contributed by atoms with van der Waals surface area (Å²) in [4.78, 5) is 13.3. The van der Waals surface area contributed by atoms with E-state index in [4.69, 9.17) is 4.42 Å². The minimum Gasteiger partial charge on any atom is -0.461 e. The van der Waals surface area contributed by atoms with Crippen LogP contribution in [0.25, 0.3) is 11.6 Å². The van der Waals surface area contributed by atoms with E-state index < -0.39 is 0 Å². The number of furan rings is 1. The van der Waals surface area contributed by atoms with Gasteiger partial charge in [-0.15, -0.1) is 10.2 Å². The van der Waals surface area contributed by atoms with Gasteiger partial charge in [0.1, 0.15) is 0 Å². The summed E-state index contributed by atoms with van der Waals surface area (Å²) >= 11 is 1.40. The van der Waals surface area contributed by atoms with Crippen molar-refractivity contribution >= 4 is 17.7 Å². The van der Waals surface area contributed by atoms with Crippen LogP contribution in [0.5, 0.6) is 0 Å². The average Bonchev–Trinajstić information content (AvgIpc) is 3.04. The summed E-state index contributed by atoms with van der Waals surface area (Å²) in [7, 11) is 3.49. The summed E-state index contributed by atoms with van der Waals surface area (Å²) < 4.78 is 7.42. The number of hydrogen-bond acceptors (Lipinski definition) is 5. The first-order valence-electron chi connectivity index (χ1n) is 6.79. The first-order chi connectivity index (χ1) is 9.99. The zero-order valence-electron chi connectivity index (χ0n) is 12.7. The van der Waals surface area contributed by atoms with Crippen LogP contribution in [0.1, 0.15) is 13.8 Å². The van der Waals surface area contributed by atoms with Crippen molar-refractivity contribution in [3.63, 3.8) is 0 Å². The van der Waals surface area contributed by atoms with Crippen LogP contribution in [0.15, 0.2) is 28.0 Å². The van der Waals surface area contributed by atoms with Crippen LogP contribution >= 0.6 is 11.8 Å². The highest BCUT2D eigenvalue weighted by atomic mass is 32.2. The zero-order chi connectivity index (χ0) is 15.4. The standard InChI is InChI=1S/C14H20N4O2S/c1-10(2)8-18-13(11-6-5-7-20-11)15-16-14(18)21-9-12(19)17(3)4/h5-7,10H,8-9H2,1-4H3. The Bertz CT molecular complexity index is 590. The van der Waals surface area contributed by atoms with Gasteiger partial charge >= 0.3 is 0 Å². The van der Waals surface area contributed by atoms with Gasteiger partial charge in [0.2, 0.25) is 5.91 Å². The molecule has 0 atom stereocenters. The highest BCUT2D eigenvalue weighted by Crippen LogP contribution is 2.25. The summed E-state index contributed by atoms with van der Waals surface area (Å²) in [6, 6.07) is 3.69. The van der Waals surface area contributed by atoms with Crippen LogP contribution in [0.3, 0.4) is 0 Å². The fraction of sp³-hybridized carbons (Fsp3) is 0.500. The van der Waals surface area contributed by atoms with Gasteiger partial charge < -0.3 is 9.32 Å². The van der Waals surface area contributed by atoms with Gasteiger partial charge in [0, 0.05) is 20.6 Å². The van der Waals surface area contributed by atoms with E-state index in [9.17, 15) is 4.79 Å². The van der Waals surface area contributed by atoms with Crippen molar-refractivity contribution in [2.45, 2.75) is 25.5 Å². The Hall–Kier alpha value is -1.76. The smallest absolute Gasteiger partial charge is 0.232 e. The molecule has 0 unspecified atom stereocenters. The lowest BCUT2D eigenvalue weighted by Crippen LogP contribution is -2.23. The van der Waals surface area contributed by atoms with E-state index >= 15 is 0 Å². The molecule has 2 aromatic rings. The van der Waals surface area contributed by atoms with E-state index in [2.05, 4.69) is 24.0 Å². The number of thioether (sulfide) groups is 1. The Labute approximate surface area is 128 Å². The minimum atomic E-state index is 0.0543. The lowest BCUT2D eigenvalue weighted by atomic mass is 10.2. The summed E-state index contributed by atoms with van der Waals surface area (Å²) in [5.41, 5.74) is 0. The molecule has 2 heterocycles. The second-order valence-electron chi connectivity index (χ2n) is 5.36. The molecular formula is C14H20N4O2S. The molecule has 0 fully saturated rings. The predicted molar refractivity (Wildman–Crippen MR) is 82.0 cm³/mol. The van der Waals surface area contributed by atoms with E-state index in [-0.39, 0.29) is 5.91 Å². The molecule has 7 heteroatoms. The van der Waals surface area contributed by atoms with Gasteiger partial charge in [0.25, 0.3) is 0 Å². The maximum Gasteiger partial charge on any atom is 0.232 e. The van der Waals surface area contributed by atoms with E-state index in [1.54, 1.807) is 25.3 Å². The number of carbonyl (C=O) groups excluding carboxylic acids is 1. The van der Waals surface area contributed by atoms with Crippen LogP contribution in [-0.4, -0.2) is 45.4 Å². The molecule has 1 amide bonds. The molecule has 2 aromatic heterocycles. The maximum atomic E-state index is 11.7. The largest absolute Gasteiger partial charge is 0.461 e. The second-order valence-corrected chi connectivity index (χ2v) is 6.31. The van der Waals surface area contributed by atoms with E-state index in [0.717, 1.165) is 11.7 Å². The fourth-order valence-corrected chi connectivity index (χ4v) is 2.69. The number of rotatable bonds is 6. The number of hydrogen-bond donors (Lipinski definition) is 0. The number of nitrogens with zero attached hydrogens (tertiary/aromatic N) is 4. The molecule has 0 saturated heterocycles. The number of aromatic nitrogens is 3. The van der Waals surface area contributed by atoms with Crippen LogP contribution < -0.4 is 0 Å². The molecule has 0 saturated carbocycles. The monoisotopic (exact) mass is 308 g/mol. The minimum absolute atomic E-state index is 0.0543. The summed E-state index contributed by atoms with van der Waals surface area (Å²) in [5, 5.41) is 9.15. The second kappa shape index (κ2) is 6.80. The number of amides is 1. The quantitative estimate of drug-likeness (QED) is 0.767. The Morgan fingerprint density at radius 2 is 2.19 bits per heavy atom. The fourth-order valence-electron chi connectivity index (χ4n) is 1.77. The van der Waals surface area contributed by atoms with Gasteiger partial charge in [-0.3, -0.25) is 9.36 Å². The average molecular weight is 308 g/mol. The van der Waals surface area contributed by atoms with Crippen LogP contribution in [-0.2, 0) is 11.3 Å². The van der Waals surface area contributed by atoms with Crippen molar-refractivity contribution in [3.8, 4) is 11.6 Å². The van der Waals surface area contributed by atoms with Crippen molar-refractivity contribution in [2.75, 3.05) is 19.8 Å².